The predicted molar refractivity (Wildman–Crippen MR) is 239 cm³/mol. The normalized spacial score (nSPS) is 28.6. The molecule has 3 aliphatic rings. The molecule has 0 amide bonds. The van der Waals surface area contributed by atoms with Crippen molar-refractivity contribution >= 4 is 11.9 Å². The van der Waals surface area contributed by atoms with Crippen LogP contribution in [0.15, 0.2) is 63.2 Å². The summed E-state index contributed by atoms with van der Waals surface area (Å²) in [4.78, 5) is 77.2. The van der Waals surface area contributed by atoms with Gasteiger partial charge in [0.15, 0.2) is 0 Å². The fourth-order valence-corrected chi connectivity index (χ4v) is 12.5. The van der Waals surface area contributed by atoms with Gasteiger partial charge in [-0.3, -0.25) is 0 Å². The molecule has 1 aromatic rings. The number of nitrogens with zero attached hydrogens (tertiary/aromatic N) is 3. The van der Waals surface area contributed by atoms with Crippen LogP contribution in [0.1, 0.15) is 133 Å². The van der Waals surface area contributed by atoms with Crippen molar-refractivity contribution in [1.29, 1.82) is 0 Å². The van der Waals surface area contributed by atoms with E-state index in [1.807, 2.05) is 11.0 Å². The Morgan fingerprint density at radius 2 is 0.889 bits per heavy atom. The average Bonchev–Trinajstić information content (AvgIpc) is 3.15. The molecule has 6 unspecified atom stereocenters. The van der Waals surface area contributed by atoms with Crippen LogP contribution in [0.25, 0.3) is 0 Å². The van der Waals surface area contributed by atoms with Crippen molar-refractivity contribution in [2.75, 3.05) is 13.2 Å². The molecule has 4 rings (SSSR count). The number of ether oxygens (including phenoxy) is 2. The zero-order valence-electron chi connectivity index (χ0n) is 39.6. The fraction of sp³-hybridized carbons (Fsp3) is 0.723. The second-order valence-electron chi connectivity index (χ2n) is 22.8. The van der Waals surface area contributed by atoms with Crippen molar-refractivity contribution in [2.24, 2.45) is 50.2 Å². The van der Waals surface area contributed by atoms with Gasteiger partial charge in [-0.2, -0.15) is 0 Å². The molecule has 63 heavy (non-hydrogen) atoms. The Morgan fingerprint density at radius 1 is 0.571 bits per heavy atom. The number of hydrogen-bond acceptors (Lipinski definition) is 13. The first-order valence-electron chi connectivity index (χ1n) is 22.1. The van der Waals surface area contributed by atoms with E-state index in [1.54, 1.807) is 0 Å². The lowest BCUT2D eigenvalue weighted by molar-refractivity contribution is -0.283. The topological polar surface area (TPSA) is 202 Å². The van der Waals surface area contributed by atoms with Gasteiger partial charge in [-0.25, -0.2) is 59.1 Å². The maximum absolute atomic E-state index is 15.0. The molecular weight excluding hydrogens is 811 g/mol. The predicted octanol–water partition coefficient (Wildman–Crippen LogP) is 7.29. The van der Waals surface area contributed by atoms with Crippen molar-refractivity contribution in [3.63, 3.8) is 0 Å². The van der Waals surface area contributed by atoms with E-state index in [4.69, 9.17) is 20.0 Å². The van der Waals surface area contributed by atoms with Crippen LogP contribution in [-0.4, -0.2) is 49.4 Å². The van der Waals surface area contributed by atoms with Gasteiger partial charge < -0.3 is 9.47 Å². The Kier molecular flexibility index (Phi) is 15.9. The lowest BCUT2D eigenvalue weighted by atomic mass is 9.59. The monoisotopic (exact) mass is 886 g/mol. The van der Waals surface area contributed by atoms with Crippen LogP contribution < -0.4 is 28.0 Å². The minimum Gasteiger partial charge on any atom is -0.456 e. The third-order valence-electron chi connectivity index (χ3n) is 13.8. The van der Waals surface area contributed by atoms with Crippen LogP contribution in [0.4, 0.5) is 0 Å². The highest BCUT2D eigenvalue weighted by Crippen LogP contribution is 2.53. The molecule has 0 radical (unpaired) electrons. The number of esters is 2. The van der Waals surface area contributed by atoms with Crippen LogP contribution in [-0.2, 0) is 48.7 Å². The second-order valence-corrected chi connectivity index (χ2v) is 22.8. The number of rotatable bonds is 19. The summed E-state index contributed by atoms with van der Waals surface area (Å²) < 4.78 is 14.7. The molecule has 0 spiro atoms. The SMILES string of the molecule is C=C(NOO)C(=O)OCC(=C)C1CC(C)(C)CC(C)(Cn2c(=O)n(CC3(C)CC(CC)CC(C)(C)C3)c(=O)n(CC3(C)CC(C(=C)COC(=O)C(=C)NOO)CC(C)(C)C3)c2=O)C1. The van der Waals surface area contributed by atoms with Crippen molar-refractivity contribution in [1.82, 2.24) is 24.7 Å². The zero-order chi connectivity index (χ0) is 47.5. The largest absolute Gasteiger partial charge is 0.456 e. The summed E-state index contributed by atoms with van der Waals surface area (Å²) in [6.07, 6.45) is 7.59. The summed E-state index contributed by atoms with van der Waals surface area (Å²) in [5.41, 5.74) is 0.653. The van der Waals surface area contributed by atoms with E-state index in [0.29, 0.717) is 42.7 Å². The highest BCUT2D eigenvalue weighted by atomic mass is 17.2. The van der Waals surface area contributed by atoms with Crippen molar-refractivity contribution in [3.8, 4) is 0 Å². The van der Waals surface area contributed by atoms with E-state index < -0.39 is 39.8 Å². The third-order valence-corrected chi connectivity index (χ3v) is 13.8. The number of hydrogen-bond donors (Lipinski definition) is 4. The van der Waals surface area contributed by atoms with Gasteiger partial charge in [0, 0.05) is 19.6 Å². The maximum atomic E-state index is 15.0. The molecule has 3 fully saturated rings. The van der Waals surface area contributed by atoms with Crippen LogP contribution in [0.5, 0.6) is 0 Å². The number of hydroxylamine groups is 2. The van der Waals surface area contributed by atoms with Crippen LogP contribution in [0.3, 0.4) is 0 Å². The minimum absolute atomic E-state index is 0.00272. The van der Waals surface area contributed by atoms with Gasteiger partial charge in [-0.15, -0.1) is 9.98 Å². The lowest BCUT2D eigenvalue weighted by Gasteiger charge is -2.48. The Labute approximate surface area is 372 Å². The summed E-state index contributed by atoms with van der Waals surface area (Å²) in [5.74, 6) is -1.48. The molecule has 354 valence electrons. The zero-order valence-corrected chi connectivity index (χ0v) is 39.6. The summed E-state index contributed by atoms with van der Waals surface area (Å²) in [5, 5.41) is 17.3. The van der Waals surface area contributed by atoms with Gasteiger partial charge >= 0.3 is 29.0 Å². The molecule has 4 N–H and O–H groups in total. The van der Waals surface area contributed by atoms with Gasteiger partial charge in [-0.05, 0) is 119 Å². The molecule has 16 nitrogen and oxygen atoms in total. The fourth-order valence-electron chi connectivity index (χ4n) is 12.5. The molecular formula is C47H75N5O11. The second kappa shape index (κ2) is 19.5. The first-order chi connectivity index (χ1) is 29.0. The standard InChI is InChI=1S/C47H75N5O11/c1-15-34-16-42(6,7)24-45(12,17-34)27-50-39(55)51(28-46(13)20-35(18-43(8,9)25-46)30(2)22-60-37(53)32(4)48-62-58)41(57)52(40(50)56)29-47(14)21-36(19-44(10,11)26-47)31(3)23-61-38(54)33(5)49-63-59/h34-36,48-49,58-59H,2-5,15-29H2,1,6-14H3. The summed E-state index contributed by atoms with van der Waals surface area (Å²) in [6, 6.07) is 0. The van der Waals surface area contributed by atoms with E-state index in [1.165, 1.54) is 13.7 Å². The highest BCUT2D eigenvalue weighted by molar-refractivity contribution is 5.87. The lowest BCUT2D eigenvalue weighted by Crippen LogP contribution is -2.59. The molecule has 1 heterocycles. The van der Waals surface area contributed by atoms with Crippen LogP contribution in [0.2, 0.25) is 0 Å². The number of nitrogens with one attached hydrogen (secondary N) is 2. The Balaban J connectivity index is 1.77. The molecule has 0 aliphatic heterocycles. The molecule has 3 saturated carbocycles. The van der Waals surface area contributed by atoms with E-state index in [-0.39, 0.29) is 77.7 Å². The van der Waals surface area contributed by atoms with Gasteiger partial charge in [0.05, 0.1) is 0 Å². The van der Waals surface area contributed by atoms with Crippen LogP contribution in [0, 0.1) is 50.2 Å². The summed E-state index contributed by atoms with van der Waals surface area (Å²) in [7, 11) is 0. The molecule has 0 bridgehead atoms. The van der Waals surface area contributed by atoms with E-state index in [2.05, 4.69) is 106 Å². The number of carbonyl (C=O) groups excluding carboxylic acids is 2. The number of carbonyl (C=O) groups is 2. The van der Waals surface area contributed by atoms with E-state index in [0.717, 1.165) is 38.5 Å². The average molecular weight is 886 g/mol. The van der Waals surface area contributed by atoms with Crippen molar-refractivity contribution < 1.29 is 39.6 Å². The third kappa shape index (κ3) is 13.2. The Morgan fingerprint density at radius 3 is 1.21 bits per heavy atom. The van der Waals surface area contributed by atoms with Gasteiger partial charge in [0.1, 0.15) is 24.6 Å². The highest BCUT2D eigenvalue weighted by Gasteiger charge is 2.46. The van der Waals surface area contributed by atoms with Gasteiger partial charge in [0.2, 0.25) is 0 Å². The molecule has 16 heteroatoms. The molecule has 3 aliphatic carbocycles. The molecule has 0 saturated heterocycles. The first-order valence-corrected chi connectivity index (χ1v) is 22.1. The Bertz CT molecular complexity index is 1990. The number of aromatic nitrogens is 3. The van der Waals surface area contributed by atoms with Crippen molar-refractivity contribution in [3.05, 3.63) is 80.3 Å². The van der Waals surface area contributed by atoms with Gasteiger partial charge in [0.25, 0.3) is 0 Å². The van der Waals surface area contributed by atoms with Gasteiger partial charge in [-0.1, -0.05) is 102 Å². The van der Waals surface area contributed by atoms with E-state index >= 15 is 0 Å². The smallest absolute Gasteiger partial charge is 0.356 e. The quantitative estimate of drug-likeness (QED) is 0.0355. The minimum atomic E-state index is -0.819. The summed E-state index contributed by atoms with van der Waals surface area (Å²) in [6.45, 7) is 37.0. The molecule has 6 atom stereocenters. The van der Waals surface area contributed by atoms with Crippen molar-refractivity contribution in [2.45, 2.75) is 153 Å². The summed E-state index contributed by atoms with van der Waals surface area (Å²) >= 11 is 0. The first kappa shape index (κ1) is 51.4. The maximum Gasteiger partial charge on any atom is 0.356 e. The molecule has 0 aromatic carbocycles. The van der Waals surface area contributed by atoms with E-state index in [9.17, 15) is 24.0 Å². The Hall–Kier alpha value is -4.25. The van der Waals surface area contributed by atoms with Crippen LogP contribution >= 0.6 is 0 Å². The molecule has 1 aromatic heterocycles.